The second kappa shape index (κ2) is 11.2. The van der Waals surface area contributed by atoms with Gasteiger partial charge in [-0.05, 0) is 60.6 Å². The van der Waals surface area contributed by atoms with E-state index in [0.717, 1.165) is 10.8 Å². The zero-order chi connectivity index (χ0) is 28.5. The van der Waals surface area contributed by atoms with Crippen LogP contribution in [0.3, 0.4) is 0 Å². The van der Waals surface area contributed by atoms with Crippen molar-refractivity contribution in [2.75, 3.05) is 13.7 Å². The van der Waals surface area contributed by atoms with Gasteiger partial charge >= 0.3 is 5.97 Å². The van der Waals surface area contributed by atoms with E-state index < -0.39 is 12.0 Å². The number of thiazole rings is 1. The highest BCUT2D eigenvalue weighted by Crippen LogP contribution is 2.40. The maximum absolute atomic E-state index is 14.1. The fourth-order valence-corrected chi connectivity index (χ4v) is 6.53. The van der Waals surface area contributed by atoms with Crippen molar-refractivity contribution in [3.63, 3.8) is 0 Å². The van der Waals surface area contributed by atoms with Crippen molar-refractivity contribution in [2.45, 2.75) is 30.1 Å². The Morgan fingerprint density at radius 2 is 1.93 bits per heavy atom. The third kappa shape index (κ3) is 4.98. The van der Waals surface area contributed by atoms with E-state index in [0.29, 0.717) is 47.9 Å². The number of nitrogens with zero attached hydrogens (tertiary/aromatic N) is 4. The molecule has 3 aromatic heterocycles. The lowest BCUT2D eigenvalue weighted by atomic mass is 9.90. The molecule has 0 amide bonds. The van der Waals surface area contributed by atoms with Crippen LogP contribution in [-0.2, 0) is 9.53 Å². The first-order valence-corrected chi connectivity index (χ1v) is 14.4. The molecule has 0 aliphatic carbocycles. The lowest BCUT2D eigenvalue weighted by Crippen LogP contribution is -2.40. The van der Waals surface area contributed by atoms with Gasteiger partial charge < -0.3 is 13.9 Å². The van der Waals surface area contributed by atoms with Crippen LogP contribution in [0.1, 0.15) is 31.2 Å². The fourth-order valence-electron chi connectivity index (χ4n) is 4.82. The van der Waals surface area contributed by atoms with Gasteiger partial charge in [0.25, 0.3) is 5.56 Å². The molecule has 0 saturated carbocycles. The van der Waals surface area contributed by atoms with Gasteiger partial charge in [0.1, 0.15) is 17.6 Å². The van der Waals surface area contributed by atoms with Gasteiger partial charge in [0.2, 0.25) is 0 Å². The lowest BCUT2D eigenvalue weighted by molar-refractivity contribution is -0.139. The van der Waals surface area contributed by atoms with Gasteiger partial charge in [0.05, 0.1) is 29.5 Å². The van der Waals surface area contributed by atoms with Crippen molar-refractivity contribution in [1.29, 1.82) is 0 Å². The molecule has 41 heavy (non-hydrogen) atoms. The fraction of sp³-hybridized carbons (Fsp3) is 0.167. The number of methoxy groups -OCH3 is 1. The van der Waals surface area contributed by atoms with E-state index in [1.54, 1.807) is 62.2 Å². The Hall–Kier alpha value is -4.48. The first-order valence-electron chi connectivity index (χ1n) is 12.8. The molecule has 4 heterocycles. The van der Waals surface area contributed by atoms with E-state index in [2.05, 4.69) is 15.0 Å². The quantitative estimate of drug-likeness (QED) is 0.203. The van der Waals surface area contributed by atoms with Crippen LogP contribution < -0.4 is 19.6 Å². The summed E-state index contributed by atoms with van der Waals surface area (Å²) in [6.07, 6.45) is 5.00. The van der Waals surface area contributed by atoms with Gasteiger partial charge in [0, 0.05) is 24.0 Å². The minimum atomic E-state index is -0.813. The van der Waals surface area contributed by atoms with Gasteiger partial charge in [-0.3, -0.25) is 9.36 Å². The molecule has 1 unspecified atom stereocenters. The highest BCUT2D eigenvalue weighted by atomic mass is 32.2. The molecular formula is C30H24N4O5S2. The molecule has 11 heteroatoms. The van der Waals surface area contributed by atoms with E-state index >= 15 is 0 Å². The summed E-state index contributed by atoms with van der Waals surface area (Å²) in [6, 6.07) is 16.1. The number of hydrogen-bond acceptors (Lipinski definition) is 10. The molecule has 9 nitrogen and oxygen atoms in total. The third-order valence-electron chi connectivity index (χ3n) is 6.55. The van der Waals surface area contributed by atoms with E-state index in [9.17, 15) is 9.59 Å². The molecule has 0 bridgehead atoms. The first-order chi connectivity index (χ1) is 20.0. The van der Waals surface area contributed by atoms with Crippen LogP contribution in [0.2, 0.25) is 0 Å². The number of benzene rings is 2. The Morgan fingerprint density at radius 1 is 1.12 bits per heavy atom. The monoisotopic (exact) mass is 584 g/mol. The summed E-state index contributed by atoms with van der Waals surface area (Å²) in [6.45, 7) is 3.69. The second-order valence-corrected chi connectivity index (χ2v) is 11.0. The Labute approximate surface area is 242 Å². The summed E-state index contributed by atoms with van der Waals surface area (Å²) in [7, 11) is 1.57. The van der Waals surface area contributed by atoms with Crippen LogP contribution in [0.25, 0.3) is 16.8 Å². The van der Waals surface area contributed by atoms with Crippen LogP contribution >= 0.6 is 23.1 Å². The summed E-state index contributed by atoms with van der Waals surface area (Å²) in [4.78, 5) is 41.0. The number of furan rings is 1. The average molecular weight is 585 g/mol. The van der Waals surface area contributed by atoms with Gasteiger partial charge in [-0.2, -0.15) is 0 Å². The van der Waals surface area contributed by atoms with Crippen LogP contribution in [-0.4, -0.2) is 34.2 Å². The number of aromatic nitrogens is 3. The Bertz CT molecular complexity index is 1990. The largest absolute Gasteiger partial charge is 0.496 e. The van der Waals surface area contributed by atoms with Crippen molar-refractivity contribution < 1.29 is 18.7 Å². The highest BCUT2D eigenvalue weighted by Gasteiger charge is 2.36. The van der Waals surface area contributed by atoms with Crippen molar-refractivity contribution >= 4 is 45.9 Å². The molecular weight excluding hydrogens is 560 g/mol. The van der Waals surface area contributed by atoms with Crippen LogP contribution in [0, 0.1) is 0 Å². The van der Waals surface area contributed by atoms with E-state index in [4.69, 9.17) is 13.9 Å². The zero-order valence-electron chi connectivity index (χ0n) is 22.4. The smallest absolute Gasteiger partial charge is 0.338 e. The maximum atomic E-state index is 14.1. The SMILES string of the molecule is CCOC(=O)C1=C(C)N=c2s/c(=C/c3ccc(Sc4ncccn4)o3)c(=O)n2C1c1c(OC)ccc2ccccc12. The number of fused-ring (bicyclic) bond motifs is 2. The maximum Gasteiger partial charge on any atom is 0.338 e. The average Bonchev–Trinajstić information content (AvgIpc) is 3.55. The number of allylic oxidation sites excluding steroid dienone is 1. The van der Waals surface area contributed by atoms with E-state index in [1.165, 1.54) is 23.1 Å². The molecule has 0 radical (unpaired) electrons. The van der Waals surface area contributed by atoms with E-state index in [-0.39, 0.29) is 12.2 Å². The number of carbonyl (C=O) groups is 1. The van der Waals surface area contributed by atoms with Crippen molar-refractivity contribution in [1.82, 2.24) is 14.5 Å². The van der Waals surface area contributed by atoms with Crippen LogP contribution in [0.5, 0.6) is 5.75 Å². The second-order valence-electron chi connectivity index (χ2n) is 9.00. The molecule has 0 spiro atoms. The Balaban J connectivity index is 1.53. The topological polar surface area (TPSA) is 109 Å². The van der Waals surface area contributed by atoms with Gasteiger partial charge in [-0.25, -0.2) is 19.8 Å². The standard InChI is InChI=1S/C30H24N4O5S2/c1-4-38-28(36)24-17(2)33-30-34(26(24)25-20-9-6-5-8-18(20)10-12-21(25)37-3)27(35)22(40-30)16-19-11-13-23(39-19)41-29-31-14-7-15-32-29/h5-16,26H,4H2,1-3H3/b22-16+. The third-order valence-corrected chi connectivity index (χ3v) is 8.35. The summed E-state index contributed by atoms with van der Waals surface area (Å²) >= 11 is 2.51. The molecule has 1 aliphatic heterocycles. The van der Waals surface area contributed by atoms with Gasteiger partial charge in [-0.15, -0.1) is 0 Å². The summed E-state index contributed by atoms with van der Waals surface area (Å²) < 4.78 is 19.1. The molecule has 0 N–H and O–H groups in total. The number of carbonyl (C=O) groups excluding carboxylic acids is 1. The predicted octanol–water partition coefficient (Wildman–Crippen LogP) is 4.49. The predicted molar refractivity (Wildman–Crippen MR) is 156 cm³/mol. The number of esters is 1. The Kier molecular flexibility index (Phi) is 7.29. The molecule has 1 atom stereocenters. The van der Waals surface area contributed by atoms with Crippen molar-refractivity contribution in [3.8, 4) is 5.75 Å². The highest BCUT2D eigenvalue weighted by molar-refractivity contribution is 7.99. The van der Waals surface area contributed by atoms with Crippen LogP contribution in [0.15, 0.2) is 103 Å². The van der Waals surface area contributed by atoms with E-state index in [1.807, 2.05) is 36.4 Å². The summed E-state index contributed by atoms with van der Waals surface area (Å²) in [5.41, 5.74) is 1.16. The number of ether oxygens (including phenoxy) is 2. The summed E-state index contributed by atoms with van der Waals surface area (Å²) in [5.74, 6) is 0.517. The Morgan fingerprint density at radius 3 is 2.71 bits per heavy atom. The molecule has 2 aromatic carbocycles. The van der Waals surface area contributed by atoms with Gasteiger partial charge in [-0.1, -0.05) is 41.7 Å². The lowest BCUT2D eigenvalue weighted by Gasteiger charge is -2.27. The first kappa shape index (κ1) is 26.7. The summed E-state index contributed by atoms with van der Waals surface area (Å²) in [5, 5.41) is 2.96. The molecule has 0 saturated heterocycles. The minimum absolute atomic E-state index is 0.187. The van der Waals surface area contributed by atoms with Gasteiger partial charge in [0.15, 0.2) is 15.1 Å². The number of hydrogen-bond donors (Lipinski definition) is 0. The molecule has 1 aliphatic rings. The van der Waals surface area contributed by atoms with Crippen LogP contribution in [0.4, 0.5) is 0 Å². The zero-order valence-corrected chi connectivity index (χ0v) is 24.0. The van der Waals surface area contributed by atoms with Crippen molar-refractivity contribution in [2.24, 2.45) is 4.99 Å². The molecule has 6 rings (SSSR count). The molecule has 5 aromatic rings. The number of rotatable bonds is 7. The van der Waals surface area contributed by atoms with Crippen molar-refractivity contribution in [3.05, 3.63) is 109 Å². The minimum Gasteiger partial charge on any atom is -0.496 e. The molecule has 206 valence electrons. The normalized spacial score (nSPS) is 15.1. The molecule has 0 fully saturated rings.